The molecule has 148 valence electrons. The number of amides is 1. The molecule has 27 heavy (non-hydrogen) atoms. The van der Waals surface area contributed by atoms with Crippen LogP contribution in [0.15, 0.2) is 12.1 Å². The lowest BCUT2D eigenvalue weighted by molar-refractivity contribution is -0.141. The highest BCUT2D eigenvalue weighted by atomic mass is 19.4. The van der Waals surface area contributed by atoms with Crippen molar-refractivity contribution in [1.82, 2.24) is 10.3 Å². The van der Waals surface area contributed by atoms with Crippen molar-refractivity contribution in [2.75, 3.05) is 11.4 Å². The van der Waals surface area contributed by atoms with E-state index < -0.39 is 23.6 Å². The average Bonchev–Trinajstić information content (AvgIpc) is 2.51. The second-order valence-electron chi connectivity index (χ2n) is 7.59. The Labute approximate surface area is 156 Å². The van der Waals surface area contributed by atoms with E-state index in [1.54, 1.807) is 25.7 Å². The number of nitriles is 1. The quantitative estimate of drug-likeness (QED) is 0.838. The lowest BCUT2D eigenvalue weighted by atomic mass is 9.97. The summed E-state index contributed by atoms with van der Waals surface area (Å²) in [6.45, 7) is 7.48. The van der Waals surface area contributed by atoms with Crippen molar-refractivity contribution < 1.29 is 22.7 Å². The summed E-state index contributed by atoms with van der Waals surface area (Å²) in [6, 6.07) is 3.48. The van der Waals surface area contributed by atoms with Gasteiger partial charge >= 0.3 is 12.3 Å². The molecule has 2 unspecified atom stereocenters. The number of carbonyl (C=O) groups is 1. The van der Waals surface area contributed by atoms with Crippen LogP contribution in [-0.2, 0) is 10.9 Å². The zero-order valence-electron chi connectivity index (χ0n) is 15.7. The topological polar surface area (TPSA) is 78.2 Å². The number of alkyl carbamates (subject to hydrolysis) is 1. The number of nitrogens with one attached hydrogen (secondary N) is 1. The molecule has 9 heteroatoms. The van der Waals surface area contributed by atoms with E-state index in [1.807, 2.05) is 13.0 Å². The number of alkyl halides is 3. The molecule has 1 N–H and O–H groups in total. The van der Waals surface area contributed by atoms with E-state index in [1.165, 1.54) is 0 Å². The van der Waals surface area contributed by atoms with E-state index in [-0.39, 0.29) is 23.5 Å². The molecule has 0 aromatic carbocycles. The summed E-state index contributed by atoms with van der Waals surface area (Å²) in [5.41, 5.74) is -1.55. The monoisotopic (exact) mass is 384 g/mol. The molecular weight excluding hydrogens is 361 g/mol. The number of pyridine rings is 1. The first-order chi connectivity index (χ1) is 12.4. The summed E-state index contributed by atoms with van der Waals surface area (Å²) in [7, 11) is 0. The van der Waals surface area contributed by atoms with Gasteiger partial charge in [0.05, 0.1) is 5.56 Å². The van der Waals surface area contributed by atoms with Crippen LogP contribution in [0, 0.1) is 11.3 Å². The highest BCUT2D eigenvalue weighted by Crippen LogP contribution is 2.32. The van der Waals surface area contributed by atoms with Crippen molar-refractivity contribution >= 4 is 11.9 Å². The van der Waals surface area contributed by atoms with Gasteiger partial charge in [0.2, 0.25) is 0 Å². The molecule has 1 aromatic rings. The van der Waals surface area contributed by atoms with Gasteiger partial charge in [0, 0.05) is 18.6 Å². The Morgan fingerprint density at radius 1 is 1.37 bits per heavy atom. The molecular formula is C18H23F3N4O2. The van der Waals surface area contributed by atoms with Gasteiger partial charge in [0.1, 0.15) is 23.2 Å². The number of hydrogen-bond donors (Lipinski definition) is 1. The molecule has 1 aliphatic rings. The highest BCUT2D eigenvalue weighted by Gasteiger charge is 2.35. The number of ether oxygens (including phenoxy) is 1. The van der Waals surface area contributed by atoms with E-state index in [2.05, 4.69) is 10.3 Å². The first-order valence-corrected chi connectivity index (χ1v) is 8.65. The smallest absolute Gasteiger partial charge is 0.433 e. The number of aromatic nitrogens is 1. The summed E-state index contributed by atoms with van der Waals surface area (Å²) < 4.78 is 44.2. The largest absolute Gasteiger partial charge is 0.444 e. The summed E-state index contributed by atoms with van der Waals surface area (Å²) in [6.07, 6.45) is -4.10. The third-order valence-electron chi connectivity index (χ3n) is 4.16. The maximum atomic E-state index is 13.0. The molecule has 1 aromatic heterocycles. The number of hydrogen-bond acceptors (Lipinski definition) is 5. The van der Waals surface area contributed by atoms with Gasteiger partial charge in [-0.3, -0.25) is 0 Å². The number of halogens is 3. The lowest BCUT2D eigenvalue weighted by Crippen LogP contribution is -2.50. The molecule has 0 radical (unpaired) electrons. The van der Waals surface area contributed by atoms with Gasteiger partial charge in [-0.15, -0.1) is 0 Å². The fraction of sp³-hybridized carbons (Fsp3) is 0.611. The Morgan fingerprint density at radius 2 is 2.04 bits per heavy atom. The van der Waals surface area contributed by atoms with Crippen LogP contribution in [0.4, 0.5) is 23.8 Å². The van der Waals surface area contributed by atoms with Crippen molar-refractivity contribution in [3.63, 3.8) is 0 Å². The maximum absolute atomic E-state index is 13.0. The van der Waals surface area contributed by atoms with Gasteiger partial charge in [-0.25, -0.2) is 9.78 Å². The minimum Gasteiger partial charge on any atom is -0.444 e. The Morgan fingerprint density at radius 3 is 2.56 bits per heavy atom. The standard InChI is InChI=1S/C18H23F3N4O2/c1-11-9-13(23-16(26)27-17(2,3)4)7-8-25(11)15-12(10-22)5-6-14(24-15)18(19,20)21/h5-6,11,13H,7-9H2,1-4H3,(H,23,26). The first-order valence-electron chi connectivity index (χ1n) is 8.65. The Balaban J connectivity index is 2.13. The fourth-order valence-electron chi connectivity index (χ4n) is 3.00. The minimum atomic E-state index is -4.58. The SMILES string of the molecule is CC1CC(NC(=O)OC(C)(C)C)CCN1c1nc(C(F)(F)F)ccc1C#N. The first kappa shape index (κ1) is 20.8. The van der Waals surface area contributed by atoms with E-state index in [9.17, 15) is 23.2 Å². The molecule has 2 rings (SSSR count). The fourth-order valence-corrected chi connectivity index (χ4v) is 3.00. The van der Waals surface area contributed by atoms with Crippen LogP contribution in [0.1, 0.15) is 51.8 Å². The average molecular weight is 384 g/mol. The number of carbonyl (C=O) groups excluding carboxylic acids is 1. The maximum Gasteiger partial charge on any atom is 0.433 e. The zero-order valence-corrected chi connectivity index (χ0v) is 15.7. The van der Waals surface area contributed by atoms with E-state index in [4.69, 9.17) is 4.74 Å². The van der Waals surface area contributed by atoms with Gasteiger partial charge in [-0.1, -0.05) is 0 Å². The second kappa shape index (κ2) is 7.62. The van der Waals surface area contributed by atoms with E-state index in [0.29, 0.717) is 19.4 Å². The molecule has 1 fully saturated rings. The van der Waals surface area contributed by atoms with Crippen molar-refractivity contribution in [1.29, 1.82) is 5.26 Å². The van der Waals surface area contributed by atoms with Crippen LogP contribution in [0.5, 0.6) is 0 Å². The molecule has 1 amide bonds. The van der Waals surface area contributed by atoms with Crippen LogP contribution in [0.3, 0.4) is 0 Å². The molecule has 2 atom stereocenters. The van der Waals surface area contributed by atoms with Gasteiger partial charge < -0.3 is 15.0 Å². The highest BCUT2D eigenvalue weighted by molar-refractivity contribution is 5.68. The van der Waals surface area contributed by atoms with Gasteiger partial charge in [0.15, 0.2) is 0 Å². The summed E-state index contributed by atoms with van der Waals surface area (Å²) in [5, 5.41) is 12.0. The third-order valence-corrected chi connectivity index (χ3v) is 4.16. The molecule has 0 bridgehead atoms. The number of nitrogens with zero attached hydrogens (tertiary/aromatic N) is 3. The van der Waals surface area contributed by atoms with Crippen LogP contribution >= 0.6 is 0 Å². The predicted molar refractivity (Wildman–Crippen MR) is 93.2 cm³/mol. The molecule has 2 heterocycles. The van der Waals surface area contributed by atoms with Crippen molar-refractivity contribution in [2.24, 2.45) is 0 Å². The molecule has 0 spiro atoms. The van der Waals surface area contributed by atoms with Crippen LogP contribution in [0.25, 0.3) is 0 Å². The van der Waals surface area contributed by atoms with Crippen LogP contribution in [0.2, 0.25) is 0 Å². The van der Waals surface area contributed by atoms with Crippen molar-refractivity contribution in [2.45, 2.75) is 64.4 Å². The van der Waals surface area contributed by atoms with Crippen molar-refractivity contribution in [3.8, 4) is 6.07 Å². The summed E-state index contributed by atoms with van der Waals surface area (Å²) >= 11 is 0. The summed E-state index contributed by atoms with van der Waals surface area (Å²) in [5.74, 6) is 0.0237. The van der Waals surface area contributed by atoms with Gasteiger partial charge in [-0.05, 0) is 52.7 Å². The number of rotatable bonds is 2. The Kier molecular flexibility index (Phi) is 5.88. The van der Waals surface area contributed by atoms with Gasteiger partial charge in [-0.2, -0.15) is 18.4 Å². The predicted octanol–water partition coefficient (Wildman–Crippen LogP) is 3.85. The lowest BCUT2D eigenvalue weighted by Gasteiger charge is -2.39. The second-order valence-corrected chi connectivity index (χ2v) is 7.59. The molecule has 6 nitrogen and oxygen atoms in total. The molecule has 0 aliphatic carbocycles. The molecule has 1 aliphatic heterocycles. The van der Waals surface area contributed by atoms with Crippen LogP contribution in [-0.4, -0.2) is 35.3 Å². The molecule has 0 saturated carbocycles. The zero-order chi connectivity index (χ0) is 20.4. The Hall–Kier alpha value is -2.50. The van der Waals surface area contributed by atoms with Crippen LogP contribution < -0.4 is 10.2 Å². The van der Waals surface area contributed by atoms with Crippen molar-refractivity contribution in [3.05, 3.63) is 23.4 Å². The molecule has 1 saturated heterocycles. The third kappa shape index (κ3) is 5.49. The minimum absolute atomic E-state index is 0.0237. The van der Waals surface area contributed by atoms with Gasteiger partial charge in [0.25, 0.3) is 0 Å². The number of anilines is 1. The normalized spacial score (nSPS) is 20.7. The number of piperidine rings is 1. The van der Waals surface area contributed by atoms with E-state index in [0.717, 1.165) is 12.1 Å². The Bertz CT molecular complexity index is 738. The summed E-state index contributed by atoms with van der Waals surface area (Å²) in [4.78, 5) is 17.3. The van der Waals surface area contributed by atoms with E-state index >= 15 is 0 Å².